The van der Waals surface area contributed by atoms with E-state index in [1.54, 1.807) is 42.5 Å². The van der Waals surface area contributed by atoms with Gasteiger partial charge in [-0.1, -0.05) is 102 Å². The Morgan fingerprint density at radius 2 is 1.40 bits per heavy atom. The van der Waals surface area contributed by atoms with Crippen LogP contribution in [-0.2, 0) is 24.6 Å². The monoisotopic (exact) mass is 639 g/mol. The van der Waals surface area contributed by atoms with Crippen molar-refractivity contribution in [3.05, 3.63) is 149 Å². The summed E-state index contributed by atoms with van der Waals surface area (Å²) in [6, 6.07) is 32.1. The van der Waals surface area contributed by atoms with E-state index in [-0.39, 0.29) is 35.6 Å². The summed E-state index contributed by atoms with van der Waals surface area (Å²) < 4.78 is 0. The average molecular weight is 640 g/mol. The van der Waals surface area contributed by atoms with Gasteiger partial charge in [0.1, 0.15) is 5.75 Å². The topological polar surface area (TPSA) is 91.8 Å². The summed E-state index contributed by atoms with van der Waals surface area (Å²) in [5.74, 6) is -4.49. The van der Waals surface area contributed by atoms with Gasteiger partial charge in [-0.15, -0.1) is 0 Å². The summed E-state index contributed by atoms with van der Waals surface area (Å²) in [4.78, 5) is 59.4. The lowest BCUT2D eigenvalue weighted by atomic mass is 9.44. The second-order valence-corrected chi connectivity index (χ2v) is 13.3. The van der Waals surface area contributed by atoms with Crippen molar-refractivity contribution in [2.75, 3.05) is 4.90 Å². The fourth-order valence-electron chi connectivity index (χ4n) is 8.80. The summed E-state index contributed by atoms with van der Waals surface area (Å²) in [5.41, 5.74) is 2.05. The minimum Gasteiger partial charge on any atom is -0.508 e. The van der Waals surface area contributed by atoms with Crippen LogP contribution < -0.4 is 4.90 Å². The van der Waals surface area contributed by atoms with E-state index in [1.807, 2.05) is 72.8 Å². The van der Waals surface area contributed by atoms with E-state index < -0.39 is 35.0 Å². The number of ketones is 2. The van der Waals surface area contributed by atoms with Crippen molar-refractivity contribution >= 4 is 46.2 Å². The Bertz CT molecular complexity index is 2020. The number of amides is 2. The number of anilines is 1. The van der Waals surface area contributed by atoms with Crippen LogP contribution in [0.25, 0.3) is 5.57 Å². The number of Topliss-reactive ketones (excluding diaryl/α,β-unsaturated/α-hetero) is 1. The Balaban J connectivity index is 1.36. The van der Waals surface area contributed by atoms with Crippen LogP contribution in [0.3, 0.4) is 0 Å². The van der Waals surface area contributed by atoms with Crippen molar-refractivity contribution < 1.29 is 24.3 Å². The molecule has 0 radical (unpaired) electrons. The van der Waals surface area contributed by atoms with Crippen LogP contribution in [0.15, 0.2) is 127 Å². The summed E-state index contributed by atoms with van der Waals surface area (Å²) in [7, 11) is 0. The van der Waals surface area contributed by atoms with Gasteiger partial charge in [0.25, 0.3) is 0 Å². The fourth-order valence-corrected chi connectivity index (χ4v) is 8.92. The fraction of sp³-hybridized carbons (Fsp3) is 0.200. The smallest absolute Gasteiger partial charge is 0.238 e. The Hall–Kier alpha value is -5.07. The number of fused-ring (bicyclic) bond motifs is 4. The van der Waals surface area contributed by atoms with E-state index in [2.05, 4.69) is 0 Å². The quantitative estimate of drug-likeness (QED) is 0.190. The van der Waals surface area contributed by atoms with Crippen LogP contribution in [0.4, 0.5) is 5.69 Å². The van der Waals surface area contributed by atoms with Gasteiger partial charge in [0.15, 0.2) is 11.6 Å². The molecule has 2 amide bonds. The van der Waals surface area contributed by atoms with Crippen molar-refractivity contribution in [3.63, 3.8) is 0 Å². The molecule has 0 unspecified atom stereocenters. The number of carbonyl (C=O) groups excluding carboxylic acids is 4. The van der Waals surface area contributed by atoms with E-state index in [0.29, 0.717) is 39.4 Å². The SMILES string of the molecule is O=C1C(c2ccccc2)=CC(=O)[C@@]2(c3ccccc3)[C@@H](c3ccccc3O)C3=CC[C@@H]4C(=O)N(c5ccc(Cl)cc5)C(=O)[C@@H]4[C@@H]3C[C@@H]12. The van der Waals surface area contributed by atoms with Crippen LogP contribution in [0.2, 0.25) is 5.02 Å². The highest BCUT2D eigenvalue weighted by Gasteiger charge is 2.66. The van der Waals surface area contributed by atoms with Gasteiger partial charge < -0.3 is 5.11 Å². The van der Waals surface area contributed by atoms with E-state index in [0.717, 1.165) is 5.57 Å². The lowest BCUT2D eigenvalue weighted by Crippen LogP contribution is -2.58. The highest BCUT2D eigenvalue weighted by atomic mass is 35.5. The summed E-state index contributed by atoms with van der Waals surface area (Å²) in [6.45, 7) is 0. The zero-order valence-electron chi connectivity index (χ0n) is 25.3. The molecule has 7 heteroatoms. The molecule has 8 rings (SSSR count). The van der Waals surface area contributed by atoms with Crippen LogP contribution in [0.5, 0.6) is 5.75 Å². The normalized spacial score (nSPS) is 28.3. The van der Waals surface area contributed by atoms with Crippen LogP contribution in [0.1, 0.15) is 35.4 Å². The molecular formula is C40H30ClNO5. The van der Waals surface area contributed by atoms with E-state index in [4.69, 9.17) is 11.6 Å². The first-order valence-electron chi connectivity index (χ1n) is 15.8. The van der Waals surface area contributed by atoms with E-state index in [1.165, 1.54) is 11.0 Å². The molecule has 1 N–H and O–H groups in total. The number of allylic oxidation sites excluding steroid dienone is 4. The number of hydrogen-bond acceptors (Lipinski definition) is 5. The number of imide groups is 1. The minimum atomic E-state index is -1.38. The molecule has 0 aromatic heterocycles. The Morgan fingerprint density at radius 3 is 2.11 bits per heavy atom. The van der Waals surface area contributed by atoms with Crippen LogP contribution in [-0.4, -0.2) is 28.5 Å². The molecule has 0 bridgehead atoms. The number of benzene rings is 4. The predicted octanol–water partition coefficient (Wildman–Crippen LogP) is 7.07. The van der Waals surface area contributed by atoms with Gasteiger partial charge in [-0.25, -0.2) is 0 Å². The molecule has 6 atom stereocenters. The van der Waals surface area contributed by atoms with Gasteiger partial charge in [-0.05, 0) is 66.3 Å². The van der Waals surface area contributed by atoms with Gasteiger partial charge in [-0.3, -0.25) is 24.1 Å². The standard InChI is InChI=1S/C40H30ClNO5/c41-25-15-17-26(18-16-25)42-38(46)29-20-19-27-31(35(29)39(42)47)21-32-37(45)30(23-9-3-1-4-10-23)22-34(44)40(32,24-11-5-2-6-12-24)36(27)28-13-7-8-14-33(28)43/h1-19,22,29,31-32,35-36,43H,20-21H2/t29-,31+,32-,35-,36+,40-/m0/s1. The molecule has 1 aliphatic heterocycles. The Labute approximate surface area is 277 Å². The second-order valence-electron chi connectivity index (χ2n) is 12.8. The maximum Gasteiger partial charge on any atom is 0.238 e. The molecule has 0 spiro atoms. The zero-order chi connectivity index (χ0) is 32.4. The predicted molar refractivity (Wildman–Crippen MR) is 179 cm³/mol. The molecule has 1 saturated carbocycles. The number of para-hydroxylation sites is 1. The average Bonchev–Trinajstić information content (AvgIpc) is 3.36. The summed E-state index contributed by atoms with van der Waals surface area (Å²) in [5, 5.41) is 11.9. The van der Waals surface area contributed by atoms with Gasteiger partial charge in [0, 0.05) is 28.0 Å². The number of aromatic hydroxyl groups is 1. The number of nitrogens with zero attached hydrogens (tertiary/aromatic N) is 1. The van der Waals surface area contributed by atoms with Gasteiger partial charge in [0.2, 0.25) is 11.8 Å². The third-order valence-electron chi connectivity index (χ3n) is 10.7. The molecule has 232 valence electrons. The van der Waals surface area contributed by atoms with E-state index in [9.17, 15) is 24.3 Å². The molecule has 4 aliphatic rings. The lowest BCUT2D eigenvalue weighted by molar-refractivity contribution is -0.135. The van der Waals surface area contributed by atoms with Crippen LogP contribution in [0, 0.1) is 23.7 Å². The third kappa shape index (κ3) is 4.24. The number of carbonyl (C=O) groups is 4. The van der Waals surface area contributed by atoms with Crippen molar-refractivity contribution in [3.8, 4) is 5.75 Å². The Morgan fingerprint density at radius 1 is 0.745 bits per heavy atom. The number of halogens is 1. The zero-order valence-corrected chi connectivity index (χ0v) is 26.0. The maximum absolute atomic E-state index is 15.0. The van der Waals surface area contributed by atoms with Crippen molar-refractivity contribution in [1.29, 1.82) is 0 Å². The highest BCUT2D eigenvalue weighted by Crippen LogP contribution is 2.64. The Kier molecular flexibility index (Phi) is 6.88. The molecular weight excluding hydrogens is 610 g/mol. The number of phenolic OH excluding ortho intramolecular Hbond substituents is 1. The number of rotatable bonds is 4. The third-order valence-corrected chi connectivity index (χ3v) is 11.0. The summed E-state index contributed by atoms with van der Waals surface area (Å²) >= 11 is 6.12. The molecule has 4 aromatic carbocycles. The summed E-state index contributed by atoms with van der Waals surface area (Å²) in [6.07, 6.45) is 3.98. The van der Waals surface area contributed by atoms with E-state index >= 15 is 0 Å². The second kappa shape index (κ2) is 11.0. The van der Waals surface area contributed by atoms with Crippen molar-refractivity contribution in [2.24, 2.45) is 23.7 Å². The first-order valence-corrected chi connectivity index (χ1v) is 16.2. The lowest BCUT2D eigenvalue weighted by Gasteiger charge is -2.55. The largest absolute Gasteiger partial charge is 0.508 e. The number of phenols is 1. The van der Waals surface area contributed by atoms with Crippen molar-refractivity contribution in [2.45, 2.75) is 24.2 Å². The molecule has 3 aliphatic carbocycles. The highest BCUT2D eigenvalue weighted by molar-refractivity contribution is 6.32. The molecule has 4 aromatic rings. The van der Waals surface area contributed by atoms with Gasteiger partial charge in [0.05, 0.1) is 22.9 Å². The molecule has 1 heterocycles. The molecule has 2 fully saturated rings. The minimum absolute atomic E-state index is 0.00456. The first-order chi connectivity index (χ1) is 22.8. The molecule has 47 heavy (non-hydrogen) atoms. The van der Waals surface area contributed by atoms with Gasteiger partial charge >= 0.3 is 0 Å². The first kappa shape index (κ1) is 29.3. The molecule has 6 nitrogen and oxygen atoms in total. The van der Waals surface area contributed by atoms with Crippen molar-refractivity contribution in [1.82, 2.24) is 0 Å². The number of hydrogen-bond donors (Lipinski definition) is 1. The molecule has 1 saturated heterocycles. The maximum atomic E-state index is 15.0. The van der Waals surface area contributed by atoms with Gasteiger partial charge in [-0.2, -0.15) is 0 Å². The van der Waals surface area contributed by atoms with Crippen LogP contribution >= 0.6 is 11.6 Å².